The number of benzene rings is 6. The molecule has 0 unspecified atom stereocenters. The van der Waals surface area contributed by atoms with Crippen LogP contribution in [0.25, 0.3) is 93.1 Å². The summed E-state index contributed by atoms with van der Waals surface area (Å²) in [4.78, 5) is 19.9. The molecule has 0 atom stereocenters. The van der Waals surface area contributed by atoms with Crippen molar-refractivity contribution in [2.75, 3.05) is 0 Å². The van der Waals surface area contributed by atoms with Crippen molar-refractivity contribution in [1.29, 1.82) is 0 Å². The maximum Gasteiger partial charge on any atom is 0.184 e. The van der Waals surface area contributed by atoms with Crippen molar-refractivity contribution < 1.29 is 0 Å². The number of fused-ring (bicyclic) bond motifs is 6. The largest absolute Gasteiger partial charge is 0.307 e. The number of hydrogen-bond donors (Lipinski definition) is 0. The lowest BCUT2D eigenvalue weighted by atomic mass is 10.0. The van der Waals surface area contributed by atoms with E-state index >= 15 is 0 Å². The second-order valence-electron chi connectivity index (χ2n) is 12.3. The molecule has 5 nitrogen and oxygen atoms in total. The van der Waals surface area contributed by atoms with Crippen LogP contribution in [0.5, 0.6) is 0 Å². The molecule has 0 aliphatic rings. The number of aromatic nitrogens is 5. The van der Waals surface area contributed by atoms with Crippen molar-refractivity contribution in [2.45, 2.75) is 0 Å². The Morgan fingerprint density at radius 1 is 0.440 bits per heavy atom. The number of pyridine rings is 1. The fraction of sp³-hybridized carbons (Fsp3) is 0. The molecule has 0 bridgehead atoms. The molecule has 0 amide bonds. The number of rotatable bonds is 5. The topological polar surface area (TPSA) is 56.5 Å². The van der Waals surface area contributed by atoms with E-state index in [9.17, 15) is 0 Å². The van der Waals surface area contributed by atoms with Gasteiger partial charge in [0.05, 0.1) is 16.7 Å². The average Bonchev–Trinajstić information content (AvgIpc) is 3.74. The molecule has 234 valence electrons. The molecule has 0 fully saturated rings. The first kappa shape index (κ1) is 28.5. The van der Waals surface area contributed by atoms with Crippen LogP contribution in [0.15, 0.2) is 164 Å². The van der Waals surface area contributed by atoms with E-state index in [4.69, 9.17) is 19.9 Å². The molecule has 0 N–H and O–H groups in total. The van der Waals surface area contributed by atoms with Gasteiger partial charge in [-0.05, 0) is 47.5 Å². The molecular formula is C44H27N5S. The van der Waals surface area contributed by atoms with Crippen molar-refractivity contribution in [3.8, 4) is 51.1 Å². The number of thiophene rings is 1. The molecule has 0 saturated heterocycles. The second-order valence-corrected chi connectivity index (χ2v) is 13.3. The zero-order valence-corrected chi connectivity index (χ0v) is 27.5. The molecule has 50 heavy (non-hydrogen) atoms. The van der Waals surface area contributed by atoms with Crippen LogP contribution in [0.4, 0.5) is 0 Å². The molecule has 4 aromatic heterocycles. The van der Waals surface area contributed by atoms with Gasteiger partial charge in [0.25, 0.3) is 0 Å². The van der Waals surface area contributed by atoms with E-state index in [-0.39, 0.29) is 0 Å². The summed E-state index contributed by atoms with van der Waals surface area (Å²) in [5.41, 5.74) is 8.06. The van der Waals surface area contributed by atoms with Gasteiger partial charge in [0.2, 0.25) is 0 Å². The average molecular weight is 658 g/mol. The van der Waals surface area contributed by atoms with Gasteiger partial charge in [0.1, 0.15) is 5.69 Å². The van der Waals surface area contributed by atoms with Crippen LogP contribution in [0.2, 0.25) is 0 Å². The van der Waals surface area contributed by atoms with Crippen LogP contribution in [0.3, 0.4) is 0 Å². The van der Waals surface area contributed by atoms with Gasteiger partial charge >= 0.3 is 0 Å². The molecule has 4 heterocycles. The summed E-state index contributed by atoms with van der Waals surface area (Å²) in [6, 6.07) is 54.9. The Labute approximate surface area is 291 Å². The van der Waals surface area contributed by atoms with E-state index < -0.39 is 0 Å². The second kappa shape index (κ2) is 11.6. The van der Waals surface area contributed by atoms with Gasteiger partial charge in [-0.3, -0.25) is 4.98 Å². The predicted octanol–water partition coefficient (Wildman–Crippen LogP) is 11.4. The van der Waals surface area contributed by atoms with E-state index in [1.807, 2.05) is 84.3 Å². The molecular weight excluding hydrogens is 631 g/mol. The first-order chi connectivity index (χ1) is 24.8. The lowest BCUT2D eigenvalue weighted by molar-refractivity contribution is 1.04. The molecule has 10 aromatic rings. The normalized spacial score (nSPS) is 11.6. The predicted molar refractivity (Wildman–Crippen MR) is 207 cm³/mol. The molecule has 0 radical (unpaired) electrons. The summed E-state index contributed by atoms with van der Waals surface area (Å²) in [6.07, 6.45) is 1.81. The Bertz CT molecular complexity index is 2820. The summed E-state index contributed by atoms with van der Waals surface area (Å²) >= 11 is 1.86. The third-order valence-electron chi connectivity index (χ3n) is 9.33. The summed E-state index contributed by atoms with van der Waals surface area (Å²) in [6.45, 7) is 0. The summed E-state index contributed by atoms with van der Waals surface area (Å²) in [5, 5.41) is 4.96. The van der Waals surface area contributed by atoms with E-state index in [0.717, 1.165) is 27.8 Å². The summed E-state index contributed by atoms with van der Waals surface area (Å²) in [7, 11) is 0. The Morgan fingerprint density at radius 3 is 1.86 bits per heavy atom. The molecule has 10 rings (SSSR count). The Balaban J connectivity index is 1.19. The first-order valence-corrected chi connectivity index (χ1v) is 17.4. The van der Waals surface area contributed by atoms with E-state index in [1.165, 1.54) is 42.1 Å². The highest BCUT2D eigenvalue weighted by Gasteiger charge is 2.21. The SMILES string of the molecule is c1ccc(-c2nc(-c3ccccc3)nc(-c3ncccc3-n3c4ccccc4c4cc(-c5cccc6c5sc5ccccc56)ccc43)n2)cc1. The van der Waals surface area contributed by atoms with Crippen LogP contribution in [0.1, 0.15) is 0 Å². The third-order valence-corrected chi connectivity index (χ3v) is 10.5. The monoisotopic (exact) mass is 657 g/mol. The minimum Gasteiger partial charge on any atom is -0.307 e. The summed E-state index contributed by atoms with van der Waals surface area (Å²) < 4.78 is 4.91. The standard InChI is InChI=1S/C44H27N5S/c1-3-13-28(14-4-1)42-46-43(29-15-5-2-6-16-29)48-44(47-42)40-38(22-12-26-45-40)49-36-21-9-7-17-32(36)35-27-30(24-25-37(35)49)31-19-11-20-34-33-18-8-10-23-39(33)50-41(31)34/h1-27H. The zero-order valence-electron chi connectivity index (χ0n) is 26.7. The number of nitrogens with zero attached hydrogens (tertiary/aromatic N) is 5. The quantitative estimate of drug-likeness (QED) is 0.185. The molecule has 6 heteroatoms. The minimum absolute atomic E-state index is 0.521. The van der Waals surface area contributed by atoms with Gasteiger partial charge < -0.3 is 4.57 Å². The Kier molecular flexibility index (Phi) is 6.60. The van der Waals surface area contributed by atoms with Gasteiger partial charge in [-0.1, -0.05) is 121 Å². The van der Waals surface area contributed by atoms with Crippen LogP contribution >= 0.6 is 11.3 Å². The van der Waals surface area contributed by atoms with E-state index in [2.05, 4.69) is 95.6 Å². The van der Waals surface area contributed by atoms with Gasteiger partial charge in [-0.15, -0.1) is 11.3 Å². The van der Waals surface area contributed by atoms with Gasteiger partial charge in [-0.25, -0.2) is 15.0 Å². The Morgan fingerprint density at radius 2 is 1.08 bits per heavy atom. The maximum atomic E-state index is 5.03. The van der Waals surface area contributed by atoms with Crippen molar-refractivity contribution in [2.24, 2.45) is 0 Å². The third kappa shape index (κ3) is 4.61. The molecule has 0 aliphatic heterocycles. The molecule has 0 spiro atoms. The molecule has 0 saturated carbocycles. The highest BCUT2D eigenvalue weighted by atomic mass is 32.1. The van der Waals surface area contributed by atoms with Crippen LogP contribution in [-0.4, -0.2) is 24.5 Å². The Hall–Kier alpha value is -6.50. The van der Waals surface area contributed by atoms with Gasteiger partial charge in [-0.2, -0.15) is 0 Å². The smallest absolute Gasteiger partial charge is 0.184 e. The number of hydrogen-bond acceptors (Lipinski definition) is 5. The van der Waals surface area contributed by atoms with Crippen LogP contribution in [-0.2, 0) is 0 Å². The lowest BCUT2D eigenvalue weighted by Crippen LogP contribution is -2.05. The van der Waals surface area contributed by atoms with Crippen molar-refractivity contribution in [3.63, 3.8) is 0 Å². The highest BCUT2D eigenvalue weighted by Crippen LogP contribution is 2.42. The van der Waals surface area contributed by atoms with Crippen molar-refractivity contribution in [1.82, 2.24) is 24.5 Å². The van der Waals surface area contributed by atoms with Crippen LogP contribution < -0.4 is 0 Å². The zero-order chi connectivity index (χ0) is 33.0. The first-order valence-electron chi connectivity index (χ1n) is 16.6. The van der Waals surface area contributed by atoms with Crippen LogP contribution in [0, 0.1) is 0 Å². The van der Waals surface area contributed by atoms with Gasteiger partial charge in [0, 0.05) is 48.3 Å². The van der Waals surface area contributed by atoms with E-state index in [0.29, 0.717) is 23.2 Å². The fourth-order valence-electron chi connectivity index (χ4n) is 7.04. The minimum atomic E-state index is 0.521. The fourth-order valence-corrected chi connectivity index (χ4v) is 8.28. The maximum absolute atomic E-state index is 5.03. The molecule has 0 aliphatic carbocycles. The molecule has 6 aromatic carbocycles. The van der Waals surface area contributed by atoms with Crippen molar-refractivity contribution in [3.05, 3.63) is 164 Å². The number of para-hydroxylation sites is 1. The lowest BCUT2D eigenvalue weighted by Gasteiger charge is -2.14. The highest BCUT2D eigenvalue weighted by molar-refractivity contribution is 7.26. The van der Waals surface area contributed by atoms with Crippen molar-refractivity contribution >= 4 is 53.3 Å². The van der Waals surface area contributed by atoms with E-state index in [1.54, 1.807) is 0 Å². The van der Waals surface area contributed by atoms with Gasteiger partial charge in [0.15, 0.2) is 17.5 Å². The summed E-state index contributed by atoms with van der Waals surface area (Å²) in [5.74, 6) is 1.73.